The average Bonchev–Trinajstić information content (AvgIpc) is 2.03. The van der Waals surface area contributed by atoms with Gasteiger partial charge >= 0.3 is 0 Å². The van der Waals surface area contributed by atoms with Crippen molar-refractivity contribution < 1.29 is 4.39 Å². The van der Waals surface area contributed by atoms with E-state index in [9.17, 15) is 4.39 Å². The highest BCUT2D eigenvalue weighted by Crippen LogP contribution is 2.26. The molecule has 1 aromatic rings. The van der Waals surface area contributed by atoms with Gasteiger partial charge in [-0.25, -0.2) is 4.39 Å². The second kappa shape index (κ2) is 3.75. The molecule has 0 unspecified atom stereocenters. The number of nitrogen functional groups attached to an aromatic ring is 1. The highest BCUT2D eigenvalue weighted by Gasteiger charge is 2.17. The third-order valence-corrected chi connectivity index (χ3v) is 2.14. The molecule has 0 radical (unpaired) electrons. The molecule has 4 N–H and O–H groups in total. The predicted octanol–water partition coefficient (Wildman–Crippen LogP) is 2.06. The van der Waals surface area contributed by atoms with Gasteiger partial charge in [-0.2, -0.15) is 0 Å². The summed E-state index contributed by atoms with van der Waals surface area (Å²) in [6.45, 7) is 3.88. The molecule has 0 saturated heterocycles. The first-order chi connectivity index (χ1) is 6.04. The first kappa shape index (κ1) is 9.99. The van der Waals surface area contributed by atoms with Gasteiger partial charge in [0.25, 0.3) is 0 Å². The second-order valence-electron chi connectivity index (χ2n) is 3.51. The second-order valence-corrected chi connectivity index (χ2v) is 3.51. The third-order valence-electron chi connectivity index (χ3n) is 2.14. The molecule has 13 heavy (non-hydrogen) atoms. The van der Waals surface area contributed by atoms with E-state index in [0.717, 1.165) is 0 Å². The van der Waals surface area contributed by atoms with Gasteiger partial charge in [-0.15, -0.1) is 0 Å². The van der Waals surface area contributed by atoms with E-state index in [0.29, 0.717) is 11.3 Å². The Morgan fingerprint density at radius 1 is 1.31 bits per heavy atom. The minimum Gasteiger partial charge on any atom is -0.398 e. The predicted molar refractivity (Wildman–Crippen MR) is 52.6 cm³/mol. The minimum absolute atomic E-state index is 0.180. The lowest BCUT2D eigenvalue weighted by Crippen LogP contribution is -2.19. The zero-order valence-corrected chi connectivity index (χ0v) is 7.92. The molecule has 0 aliphatic carbocycles. The summed E-state index contributed by atoms with van der Waals surface area (Å²) in [4.78, 5) is 0. The van der Waals surface area contributed by atoms with Gasteiger partial charge in [0.1, 0.15) is 5.82 Å². The molecule has 0 amide bonds. The van der Waals surface area contributed by atoms with Crippen LogP contribution in [0, 0.1) is 11.7 Å². The zero-order valence-electron chi connectivity index (χ0n) is 7.92. The molecule has 0 aliphatic rings. The van der Waals surface area contributed by atoms with E-state index in [-0.39, 0.29) is 17.8 Å². The molecular formula is C10H15FN2. The maximum Gasteiger partial charge on any atom is 0.130 e. The van der Waals surface area contributed by atoms with Crippen LogP contribution in [-0.4, -0.2) is 0 Å². The van der Waals surface area contributed by atoms with Crippen LogP contribution in [0.5, 0.6) is 0 Å². The van der Waals surface area contributed by atoms with Crippen molar-refractivity contribution in [1.29, 1.82) is 0 Å². The smallest absolute Gasteiger partial charge is 0.130 e. The fourth-order valence-electron chi connectivity index (χ4n) is 1.24. The topological polar surface area (TPSA) is 52.0 Å². The maximum absolute atomic E-state index is 13.3. The van der Waals surface area contributed by atoms with Gasteiger partial charge in [0, 0.05) is 17.3 Å². The first-order valence-corrected chi connectivity index (χ1v) is 4.33. The number of hydrogen-bond donors (Lipinski definition) is 2. The Bertz CT molecular complexity index is 277. The molecule has 2 nitrogen and oxygen atoms in total. The Balaban J connectivity index is 3.12. The maximum atomic E-state index is 13.3. The summed E-state index contributed by atoms with van der Waals surface area (Å²) in [5, 5.41) is 0. The Morgan fingerprint density at radius 2 is 1.92 bits per heavy atom. The van der Waals surface area contributed by atoms with E-state index in [1.165, 1.54) is 6.07 Å². The van der Waals surface area contributed by atoms with E-state index < -0.39 is 0 Å². The summed E-state index contributed by atoms with van der Waals surface area (Å²) >= 11 is 0. The molecule has 1 rings (SSSR count). The van der Waals surface area contributed by atoms with Crippen LogP contribution in [0.3, 0.4) is 0 Å². The fraction of sp³-hybridized carbons (Fsp3) is 0.400. The van der Waals surface area contributed by atoms with Crippen LogP contribution in [0.15, 0.2) is 18.2 Å². The SMILES string of the molecule is CC(C)[C@H](N)c1c(N)cccc1F. The monoisotopic (exact) mass is 182 g/mol. The van der Waals surface area contributed by atoms with Gasteiger partial charge in [0.2, 0.25) is 0 Å². The van der Waals surface area contributed by atoms with Crippen LogP contribution >= 0.6 is 0 Å². The quantitative estimate of drug-likeness (QED) is 0.688. The van der Waals surface area contributed by atoms with Crippen molar-refractivity contribution in [3.8, 4) is 0 Å². The minimum atomic E-state index is -0.332. The lowest BCUT2D eigenvalue weighted by Gasteiger charge is -2.18. The lowest BCUT2D eigenvalue weighted by atomic mass is 9.95. The van der Waals surface area contributed by atoms with Crippen LogP contribution in [0.4, 0.5) is 10.1 Å². The number of benzene rings is 1. The molecule has 3 heteroatoms. The van der Waals surface area contributed by atoms with Crippen molar-refractivity contribution in [2.75, 3.05) is 5.73 Å². The number of rotatable bonds is 2. The molecule has 0 aliphatic heterocycles. The van der Waals surface area contributed by atoms with Crippen molar-refractivity contribution in [2.24, 2.45) is 11.7 Å². The van der Waals surface area contributed by atoms with Crippen LogP contribution in [0.1, 0.15) is 25.5 Å². The van der Waals surface area contributed by atoms with Crippen molar-refractivity contribution in [1.82, 2.24) is 0 Å². The van der Waals surface area contributed by atoms with Crippen LogP contribution in [0.25, 0.3) is 0 Å². The average molecular weight is 182 g/mol. The summed E-state index contributed by atoms with van der Waals surface area (Å²) in [5.74, 6) is -0.139. The summed E-state index contributed by atoms with van der Waals surface area (Å²) in [6, 6.07) is 4.30. The van der Waals surface area contributed by atoms with Crippen molar-refractivity contribution in [3.05, 3.63) is 29.6 Å². The zero-order chi connectivity index (χ0) is 10.0. The fourth-order valence-corrected chi connectivity index (χ4v) is 1.24. The molecule has 0 heterocycles. The Labute approximate surface area is 77.7 Å². The van der Waals surface area contributed by atoms with E-state index in [4.69, 9.17) is 11.5 Å². The molecule has 1 aromatic carbocycles. The molecule has 0 aromatic heterocycles. The Morgan fingerprint density at radius 3 is 2.38 bits per heavy atom. The molecule has 1 atom stereocenters. The van der Waals surface area contributed by atoms with E-state index in [1.807, 2.05) is 13.8 Å². The van der Waals surface area contributed by atoms with E-state index in [1.54, 1.807) is 12.1 Å². The van der Waals surface area contributed by atoms with Crippen molar-refractivity contribution >= 4 is 5.69 Å². The van der Waals surface area contributed by atoms with Crippen LogP contribution < -0.4 is 11.5 Å². The summed E-state index contributed by atoms with van der Waals surface area (Å²) in [7, 11) is 0. The number of nitrogens with two attached hydrogens (primary N) is 2. The first-order valence-electron chi connectivity index (χ1n) is 4.33. The molecule has 0 fully saturated rings. The molecule has 0 saturated carbocycles. The largest absolute Gasteiger partial charge is 0.398 e. The molecular weight excluding hydrogens is 167 g/mol. The summed E-state index contributed by atoms with van der Waals surface area (Å²) in [6.07, 6.45) is 0. The van der Waals surface area contributed by atoms with E-state index in [2.05, 4.69) is 0 Å². The Kier molecular flexibility index (Phi) is 2.88. The van der Waals surface area contributed by atoms with Gasteiger partial charge in [0.15, 0.2) is 0 Å². The standard InChI is InChI=1S/C10H15FN2/c1-6(2)10(13)9-7(11)4-3-5-8(9)12/h3-6,10H,12-13H2,1-2H3/t10-/m0/s1. The van der Waals surface area contributed by atoms with Gasteiger partial charge in [-0.1, -0.05) is 19.9 Å². The highest BCUT2D eigenvalue weighted by molar-refractivity contribution is 5.49. The number of anilines is 1. The molecule has 0 spiro atoms. The number of hydrogen-bond acceptors (Lipinski definition) is 2. The summed E-state index contributed by atoms with van der Waals surface area (Å²) < 4.78 is 13.3. The van der Waals surface area contributed by atoms with Crippen LogP contribution in [0.2, 0.25) is 0 Å². The van der Waals surface area contributed by atoms with Crippen molar-refractivity contribution in [3.63, 3.8) is 0 Å². The summed E-state index contributed by atoms with van der Waals surface area (Å²) in [5.41, 5.74) is 12.3. The third kappa shape index (κ3) is 1.98. The molecule has 0 bridgehead atoms. The number of halogens is 1. The molecule has 72 valence electrons. The van der Waals surface area contributed by atoms with Gasteiger partial charge in [0.05, 0.1) is 0 Å². The van der Waals surface area contributed by atoms with Crippen LogP contribution in [-0.2, 0) is 0 Å². The normalized spacial score (nSPS) is 13.3. The highest BCUT2D eigenvalue weighted by atomic mass is 19.1. The lowest BCUT2D eigenvalue weighted by molar-refractivity contribution is 0.486. The Hall–Kier alpha value is -1.09. The van der Waals surface area contributed by atoms with Gasteiger partial charge in [-0.05, 0) is 18.1 Å². The van der Waals surface area contributed by atoms with E-state index >= 15 is 0 Å². The van der Waals surface area contributed by atoms with Crippen molar-refractivity contribution in [2.45, 2.75) is 19.9 Å². The van der Waals surface area contributed by atoms with Gasteiger partial charge < -0.3 is 11.5 Å². The van der Waals surface area contributed by atoms with Gasteiger partial charge in [-0.3, -0.25) is 0 Å².